The molecule has 0 spiro atoms. The summed E-state index contributed by atoms with van der Waals surface area (Å²) in [5.74, 6) is 1.07. The predicted octanol–water partition coefficient (Wildman–Crippen LogP) is 4.85. The number of carbonyl (C=O) groups excluding carboxylic acids is 1. The number of rotatable bonds is 6. The molecule has 0 fully saturated rings. The van der Waals surface area contributed by atoms with E-state index in [-0.39, 0.29) is 5.91 Å². The Labute approximate surface area is 179 Å². The van der Waals surface area contributed by atoms with Gasteiger partial charge in [0.05, 0.1) is 0 Å². The molecule has 0 atom stereocenters. The standard InChI is InChI=1S/C23H23N5OS/c1-4-17-8-7-10-19(13-17)25-21(29)20-11-6-5-9-18(20)14-30-23-26-22-24-15(2)12-16(3)28(22)27-23/h5-13H,4,14H2,1-3H3,(H,25,29). The first-order valence-corrected chi connectivity index (χ1v) is 10.8. The van der Waals surface area contributed by atoms with Crippen molar-refractivity contribution >= 4 is 29.1 Å². The molecule has 1 amide bonds. The number of aryl methyl sites for hydroxylation is 3. The third-order valence-corrected chi connectivity index (χ3v) is 5.70. The quantitative estimate of drug-likeness (QED) is 0.454. The zero-order chi connectivity index (χ0) is 21.1. The van der Waals surface area contributed by atoms with Crippen LogP contribution in [0.2, 0.25) is 0 Å². The molecule has 1 N–H and O–H groups in total. The lowest BCUT2D eigenvalue weighted by Crippen LogP contribution is -2.14. The first-order chi connectivity index (χ1) is 14.5. The van der Waals surface area contributed by atoms with Crippen LogP contribution in [0.4, 0.5) is 5.69 Å². The van der Waals surface area contributed by atoms with Crippen molar-refractivity contribution in [3.05, 3.63) is 82.7 Å². The third-order valence-electron chi connectivity index (χ3n) is 4.81. The molecule has 0 aliphatic rings. The SMILES string of the molecule is CCc1cccc(NC(=O)c2ccccc2CSc2nc3nc(C)cc(C)n3n2)c1. The molecule has 0 radical (unpaired) electrons. The van der Waals surface area contributed by atoms with E-state index in [0.29, 0.717) is 22.3 Å². The number of thioether (sulfide) groups is 1. The van der Waals surface area contributed by atoms with Crippen LogP contribution in [0.25, 0.3) is 5.78 Å². The van der Waals surface area contributed by atoms with Gasteiger partial charge in [-0.15, -0.1) is 5.10 Å². The van der Waals surface area contributed by atoms with Crippen molar-refractivity contribution in [1.82, 2.24) is 19.6 Å². The fraction of sp³-hybridized carbons (Fsp3) is 0.217. The number of nitrogens with zero attached hydrogens (tertiary/aromatic N) is 4. The minimum atomic E-state index is -0.115. The number of anilines is 1. The molecule has 152 valence electrons. The molecule has 7 heteroatoms. The molecule has 0 aliphatic heterocycles. The van der Waals surface area contributed by atoms with E-state index in [1.54, 1.807) is 4.52 Å². The Bertz CT molecular complexity index is 1220. The van der Waals surface area contributed by atoms with Crippen LogP contribution < -0.4 is 5.32 Å². The van der Waals surface area contributed by atoms with Crippen LogP contribution in [0, 0.1) is 13.8 Å². The Kier molecular flexibility index (Phi) is 5.81. The summed E-state index contributed by atoms with van der Waals surface area (Å²) in [4.78, 5) is 21.8. The van der Waals surface area contributed by atoms with Gasteiger partial charge in [0.25, 0.3) is 11.7 Å². The average molecular weight is 418 g/mol. The molecule has 30 heavy (non-hydrogen) atoms. The first-order valence-electron chi connectivity index (χ1n) is 9.85. The average Bonchev–Trinajstić information content (AvgIpc) is 3.16. The number of carbonyl (C=O) groups is 1. The molecular weight excluding hydrogens is 394 g/mol. The number of nitrogens with one attached hydrogen (secondary N) is 1. The smallest absolute Gasteiger partial charge is 0.255 e. The van der Waals surface area contributed by atoms with Crippen LogP contribution in [-0.4, -0.2) is 25.5 Å². The minimum Gasteiger partial charge on any atom is -0.322 e. The maximum atomic E-state index is 12.9. The summed E-state index contributed by atoms with van der Waals surface area (Å²) in [5, 5.41) is 8.19. The summed E-state index contributed by atoms with van der Waals surface area (Å²) in [6.07, 6.45) is 0.927. The Morgan fingerprint density at radius 3 is 2.73 bits per heavy atom. The van der Waals surface area contributed by atoms with E-state index in [4.69, 9.17) is 0 Å². The molecule has 0 saturated carbocycles. The van der Waals surface area contributed by atoms with Gasteiger partial charge in [-0.1, -0.05) is 49.0 Å². The topological polar surface area (TPSA) is 72.2 Å². The van der Waals surface area contributed by atoms with E-state index in [1.807, 2.05) is 62.4 Å². The number of aromatic nitrogens is 4. The number of hydrogen-bond donors (Lipinski definition) is 1. The first kappa shape index (κ1) is 20.1. The van der Waals surface area contributed by atoms with Gasteiger partial charge in [0.2, 0.25) is 5.16 Å². The van der Waals surface area contributed by atoms with Gasteiger partial charge < -0.3 is 5.32 Å². The zero-order valence-corrected chi connectivity index (χ0v) is 18.0. The van der Waals surface area contributed by atoms with Crippen molar-refractivity contribution in [1.29, 1.82) is 0 Å². The van der Waals surface area contributed by atoms with Crippen LogP contribution in [0.5, 0.6) is 0 Å². The molecule has 2 aromatic carbocycles. The number of amides is 1. The second-order valence-electron chi connectivity index (χ2n) is 7.10. The second-order valence-corrected chi connectivity index (χ2v) is 8.04. The minimum absolute atomic E-state index is 0.115. The van der Waals surface area contributed by atoms with Crippen molar-refractivity contribution in [2.24, 2.45) is 0 Å². The normalized spacial score (nSPS) is 11.0. The summed E-state index contributed by atoms with van der Waals surface area (Å²) < 4.78 is 1.74. The monoisotopic (exact) mass is 417 g/mol. The van der Waals surface area contributed by atoms with Gasteiger partial charge in [-0.3, -0.25) is 4.79 Å². The van der Waals surface area contributed by atoms with Gasteiger partial charge in [-0.05, 0) is 55.7 Å². The molecule has 2 aromatic heterocycles. The van der Waals surface area contributed by atoms with E-state index in [1.165, 1.54) is 17.3 Å². The predicted molar refractivity (Wildman–Crippen MR) is 120 cm³/mol. The lowest BCUT2D eigenvalue weighted by atomic mass is 10.1. The molecule has 0 saturated heterocycles. The van der Waals surface area contributed by atoms with Gasteiger partial charge in [0, 0.05) is 28.4 Å². The maximum absolute atomic E-state index is 12.9. The van der Waals surface area contributed by atoms with E-state index in [9.17, 15) is 4.79 Å². The van der Waals surface area contributed by atoms with Crippen LogP contribution in [0.1, 0.15) is 39.8 Å². The van der Waals surface area contributed by atoms with Gasteiger partial charge in [0.1, 0.15) is 0 Å². The van der Waals surface area contributed by atoms with Crippen molar-refractivity contribution < 1.29 is 4.79 Å². The second kappa shape index (κ2) is 8.67. The number of fused-ring (bicyclic) bond motifs is 1. The van der Waals surface area contributed by atoms with Crippen LogP contribution in [-0.2, 0) is 12.2 Å². The van der Waals surface area contributed by atoms with Gasteiger partial charge in [-0.2, -0.15) is 4.98 Å². The number of hydrogen-bond acceptors (Lipinski definition) is 5. The lowest BCUT2D eigenvalue weighted by molar-refractivity contribution is 0.102. The fourth-order valence-corrected chi connectivity index (χ4v) is 4.11. The van der Waals surface area contributed by atoms with E-state index >= 15 is 0 Å². The summed E-state index contributed by atoms with van der Waals surface area (Å²) in [7, 11) is 0. The molecule has 4 aromatic rings. The largest absolute Gasteiger partial charge is 0.322 e. The molecule has 0 aliphatic carbocycles. The Morgan fingerprint density at radius 1 is 1.07 bits per heavy atom. The Balaban J connectivity index is 1.52. The van der Waals surface area contributed by atoms with Gasteiger partial charge >= 0.3 is 0 Å². The highest BCUT2D eigenvalue weighted by Gasteiger charge is 2.14. The maximum Gasteiger partial charge on any atom is 0.255 e. The summed E-state index contributed by atoms with van der Waals surface area (Å²) >= 11 is 1.49. The van der Waals surface area contributed by atoms with Crippen molar-refractivity contribution in [2.45, 2.75) is 38.1 Å². The van der Waals surface area contributed by atoms with E-state index in [2.05, 4.69) is 33.4 Å². The molecule has 2 heterocycles. The molecule has 0 bridgehead atoms. The molecule has 6 nitrogen and oxygen atoms in total. The Hall–Kier alpha value is -3.19. The van der Waals surface area contributed by atoms with Crippen molar-refractivity contribution in [3.63, 3.8) is 0 Å². The van der Waals surface area contributed by atoms with Crippen molar-refractivity contribution in [2.75, 3.05) is 5.32 Å². The fourth-order valence-electron chi connectivity index (χ4n) is 3.29. The van der Waals surface area contributed by atoms with Gasteiger partial charge in [0.15, 0.2) is 0 Å². The number of benzene rings is 2. The summed E-state index contributed by atoms with van der Waals surface area (Å²) in [6, 6.07) is 17.5. The van der Waals surface area contributed by atoms with Crippen LogP contribution in [0.15, 0.2) is 59.8 Å². The molecular formula is C23H23N5OS. The summed E-state index contributed by atoms with van der Waals surface area (Å²) in [6.45, 7) is 6.02. The molecule has 0 unspecified atom stereocenters. The summed E-state index contributed by atoms with van der Waals surface area (Å²) in [5.41, 5.74) is 5.49. The van der Waals surface area contributed by atoms with Crippen molar-refractivity contribution in [3.8, 4) is 0 Å². The highest BCUT2D eigenvalue weighted by molar-refractivity contribution is 7.98. The lowest BCUT2D eigenvalue weighted by Gasteiger charge is -2.10. The zero-order valence-electron chi connectivity index (χ0n) is 17.2. The Morgan fingerprint density at radius 2 is 1.90 bits per heavy atom. The van der Waals surface area contributed by atoms with Gasteiger partial charge in [-0.25, -0.2) is 9.50 Å². The van der Waals surface area contributed by atoms with E-state index in [0.717, 1.165) is 29.1 Å². The van der Waals surface area contributed by atoms with Crippen LogP contribution >= 0.6 is 11.8 Å². The molecule has 4 rings (SSSR count). The third kappa shape index (κ3) is 4.36. The van der Waals surface area contributed by atoms with E-state index < -0.39 is 0 Å². The van der Waals surface area contributed by atoms with Crippen LogP contribution in [0.3, 0.4) is 0 Å². The highest BCUT2D eigenvalue weighted by Crippen LogP contribution is 2.23. The highest BCUT2D eigenvalue weighted by atomic mass is 32.2.